The summed E-state index contributed by atoms with van der Waals surface area (Å²) in [5.41, 5.74) is 1.09. The maximum atomic E-state index is 13.0. The van der Waals surface area contributed by atoms with Gasteiger partial charge < -0.3 is 5.32 Å². The SMILES string of the molecule is CCNC(CSc1ccccc1Cl)c1ccc(F)cc1. The van der Waals surface area contributed by atoms with E-state index >= 15 is 0 Å². The number of benzene rings is 2. The lowest BCUT2D eigenvalue weighted by Gasteiger charge is -2.18. The Hall–Kier alpha value is -1.03. The monoisotopic (exact) mass is 309 g/mol. The Labute approximate surface area is 128 Å². The zero-order chi connectivity index (χ0) is 14.4. The van der Waals surface area contributed by atoms with Gasteiger partial charge in [0.05, 0.1) is 5.02 Å². The third-order valence-electron chi connectivity index (χ3n) is 2.97. The molecular weight excluding hydrogens is 293 g/mol. The average molecular weight is 310 g/mol. The zero-order valence-corrected chi connectivity index (χ0v) is 12.8. The van der Waals surface area contributed by atoms with Crippen LogP contribution in [0.5, 0.6) is 0 Å². The molecule has 0 bridgehead atoms. The largest absolute Gasteiger partial charge is 0.309 e. The molecule has 1 nitrogen and oxygen atoms in total. The van der Waals surface area contributed by atoms with Crippen LogP contribution in [-0.2, 0) is 0 Å². The van der Waals surface area contributed by atoms with Crippen LogP contribution in [0.2, 0.25) is 5.02 Å². The van der Waals surface area contributed by atoms with E-state index in [1.165, 1.54) is 12.1 Å². The first kappa shape index (κ1) is 15.4. The lowest BCUT2D eigenvalue weighted by molar-refractivity contribution is 0.598. The van der Waals surface area contributed by atoms with E-state index in [1.807, 2.05) is 36.4 Å². The standard InChI is InChI=1S/C16H17ClFNS/c1-2-19-15(12-7-9-13(18)10-8-12)11-20-16-6-4-3-5-14(16)17/h3-10,15,19H,2,11H2,1H3. The summed E-state index contributed by atoms with van der Waals surface area (Å²) in [7, 11) is 0. The van der Waals surface area contributed by atoms with E-state index in [9.17, 15) is 4.39 Å². The van der Waals surface area contributed by atoms with Crippen molar-refractivity contribution in [3.8, 4) is 0 Å². The van der Waals surface area contributed by atoms with Crippen molar-refractivity contribution in [3.05, 3.63) is 64.9 Å². The van der Waals surface area contributed by atoms with E-state index in [0.717, 1.165) is 27.8 Å². The summed E-state index contributed by atoms with van der Waals surface area (Å²) < 4.78 is 13.0. The van der Waals surface area contributed by atoms with Crippen molar-refractivity contribution in [2.75, 3.05) is 12.3 Å². The molecule has 0 spiro atoms. The molecule has 2 aromatic rings. The highest BCUT2D eigenvalue weighted by Gasteiger charge is 2.11. The van der Waals surface area contributed by atoms with Crippen LogP contribution in [0.4, 0.5) is 4.39 Å². The second-order valence-corrected chi connectivity index (χ2v) is 5.87. The quantitative estimate of drug-likeness (QED) is 0.760. The summed E-state index contributed by atoms with van der Waals surface area (Å²) in [6, 6.07) is 14.7. The number of nitrogens with one attached hydrogen (secondary N) is 1. The second-order valence-electron chi connectivity index (χ2n) is 4.40. The van der Waals surface area contributed by atoms with Crippen LogP contribution in [-0.4, -0.2) is 12.3 Å². The number of rotatable bonds is 6. The molecule has 0 amide bonds. The predicted molar refractivity (Wildman–Crippen MR) is 85.0 cm³/mol. The number of halogens is 2. The summed E-state index contributed by atoms with van der Waals surface area (Å²) in [6.07, 6.45) is 0. The first-order valence-corrected chi connectivity index (χ1v) is 7.93. The Morgan fingerprint density at radius 3 is 2.50 bits per heavy atom. The molecule has 0 aliphatic carbocycles. The Bertz CT molecular complexity index is 544. The molecule has 20 heavy (non-hydrogen) atoms. The maximum Gasteiger partial charge on any atom is 0.123 e. The number of thioether (sulfide) groups is 1. The Morgan fingerprint density at radius 1 is 1.15 bits per heavy atom. The van der Waals surface area contributed by atoms with Crippen molar-refractivity contribution >= 4 is 23.4 Å². The van der Waals surface area contributed by atoms with E-state index in [2.05, 4.69) is 12.2 Å². The lowest BCUT2D eigenvalue weighted by Crippen LogP contribution is -2.22. The van der Waals surface area contributed by atoms with Crippen LogP contribution in [0, 0.1) is 5.82 Å². The van der Waals surface area contributed by atoms with Gasteiger partial charge in [-0.3, -0.25) is 0 Å². The van der Waals surface area contributed by atoms with E-state index < -0.39 is 0 Å². The van der Waals surface area contributed by atoms with Gasteiger partial charge in [0.1, 0.15) is 5.82 Å². The topological polar surface area (TPSA) is 12.0 Å². The molecule has 1 unspecified atom stereocenters. The van der Waals surface area contributed by atoms with Gasteiger partial charge in [0.15, 0.2) is 0 Å². The highest BCUT2D eigenvalue weighted by molar-refractivity contribution is 7.99. The van der Waals surface area contributed by atoms with Gasteiger partial charge in [0, 0.05) is 16.7 Å². The molecule has 1 atom stereocenters. The van der Waals surface area contributed by atoms with E-state index in [1.54, 1.807) is 11.8 Å². The Morgan fingerprint density at radius 2 is 1.85 bits per heavy atom. The summed E-state index contributed by atoms with van der Waals surface area (Å²) in [5, 5.41) is 4.19. The molecular formula is C16H17ClFNS. The molecule has 0 fully saturated rings. The summed E-state index contributed by atoms with van der Waals surface area (Å²) in [5.74, 6) is 0.645. The highest BCUT2D eigenvalue weighted by Crippen LogP contribution is 2.30. The van der Waals surface area contributed by atoms with Gasteiger partial charge >= 0.3 is 0 Å². The molecule has 0 heterocycles. The number of hydrogen-bond acceptors (Lipinski definition) is 2. The van der Waals surface area contributed by atoms with E-state index in [-0.39, 0.29) is 11.9 Å². The van der Waals surface area contributed by atoms with Gasteiger partial charge in [-0.2, -0.15) is 0 Å². The lowest BCUT2D eigenvalue weighted by atomic mass is 10.1. The minimum atomic E-state index is -0.206. The van der Waals surface area contributed by atoms with Gasteiger partial charge in [-0.15, -0.1) is 11.8 Å². The molecule has 0 saturated carbocycles. The van der Waals surface area contributed by atoms with Crippen LogP contribution in [0.3, 0.4) is 0 Å². The fourth-order valence-electron chi connectivity index (χ4n) is 1.95. The first-order chi connectivity index (χ1) is 9.70. The van der Waals surface area contributed by atoms with Gasteiger partial charge in [0.2, 0.25) is 0 Å². The van der Waals surface area contributed by atoms with Crippen LogP contribution in [0.25, 0.3) is 0 Å². The predicted octanol–water partition coefficient (Wildman–Crippen LogP) is 4.92. The third-order valence-corrected chi connectivity index (χ3v) is 4.57. The fourth-order valence-corrected chi connectivity index (χ4v) is 3.29. The highest BCUT2D eigenvalue weighted by atomic mass is 35.5. The zero-order valence-electron chi connectivity index (χ0n) is 11.3. The van der Waals surface area contributed by atoms with Gasteiger partial charge in [-0.25, -0.2) is 4.39 Å². The van der Waals surface area contributed by atoms with E-state index in [0.29, 0.717) is 0 Å². The van der Waals surface area contributed by atoms with Crippen molar-refractivity contribution < 1.29 is 4.39 Å². The third kappa shape index (κ3) is 4.23. The van der Waals surface area contributed by atoms with E-state index in [4.69, 9.17) is 11.6 Å². The molecule has 2 aromatic carbocycles. The molecule has 0 radical (unpaired) electrons. The molecule has 2 rings (SSSR count). The molecule has 1 N–H and O–H groups in total. The molecule has 106 valence electrons. The van der Waals surface area contributed by atoms with Crippen molar-refractivity contribution in [1.29, 1.82) is 0 Å². The molecule has 4 heteroatoms. The minimum Gasteiger partial charge on any atom is -0.309 e. The molecule has 0 aliphatic rings. The molecule has 0 aliphatic heterocycles. The maximum absolute atomic E-state index is 13.0. The smallest absolute Gasteiger partial charge is 0.123 e. The van der Waals surface area contributed by atoms with Crippen LogP contribution >= 0.6 is 23.4 Å². The average Bonchev–Trinajstić information content (AvgIpc) is 2.46. The summed E-state index contributed by atoms with van der Waals surface area (Å²) in [4.78, 5) is 1.07. The summed E-state index contributed by atoms with van der Waals surface area (Å²) >= 11 is 7.87. The minimum absolute atomic E-state index is 0.182. The summed E-state index contributed by atoms with van der Waals surface area (Å²) in [6.45, 7) is 2.93. The first-order valence-electron chi connectivity index (χ1n) is 6.57. The van der Waals surface area contributed by atoms with Crippen LogP contribution < -0.4 is 5.32 Å². The molecule has 0 saturated heterocycles. The number of hydrogen-bond donors (Lipinski definition) is 1. The van der Waals surface area contributed by atoms with Crippen LogP contribution in [0.15, 0.2) is 53.4 Å². The Balaban J connectivity index is 2.06. The van der Waals surface area contributed by atoms with Gasteiger partial charge in [-0.1, -0.05) is 42.8 Å². The Kier molecular flexibility index (Phi) is 5.89. The van der Waals surface area contributed by atoms with Crippen molar-refractivity contribution in [3.63, 3.8) is 0 Å². The van der Waals surface area contributed by atoms with Crippen molar-refractivity contribution in [2.24, 2.45) is 0 Å². The van der Waals surface area contributed by atoms with Gasteiger partial charge in [-0.05, 0) is 36.4 Å². The normalized spacial score (nSPS) is 12.3. The second kappa shape index (κ2) is 7.67. The van der Waals surface area contributed by atoms with Crippen LogP contribution in [0.1, 0.15) is 18.5 Å². The van der Waals surface area contributed by atoms with Crippen molar-refractivity contribution in [2.45, 2.75) is 17.9 Å². The fraction of sp³-hybridized carbons (Fsp3) is 0.250. The molecule has 0 aromatic heterocycles. The van der Waals surface area contributed by atoms with Crippen molar-refractivity contribution in [1.82, 2.24) is 5.32 Å². The van der Waals surface area contributed by atoms with Gasteiger partial charge in [0.25, 0.3) is 0 Å².